The van der Waals surface area contributed by atoms with Gasteiger partial charge in [-0.1, -0.05) is 6.07 Å². The van der Waals surface area contributed by atoms with Crippen LogP contribution in [-0.4, -0.2) is 28.0 Å². The first kappa shape index (κ1) is 20.4. The van der Waals surface area contributed by atoms with Crippen molar-refractivity contribution in [3.05, 3.63) is 59.9 Å². The third kappa shape index (κ3) is 5.80. The van der Waals surface area contributed by atoms with Crippen molar-refractivity contribution in [3.8, 4) is 11.5 Å². The molecular weight excluding hydrogens is 375 g/mol. The lowest BCUT2D eigenvalue weighted by molar-refractivity contribution is -0.116. The van der Waals surface area contributed by atoms with Gasteiger partial charge in [0.05, 0.1) is 18.6 Å². The summed E-state index contributed by atoms with van der Waals surface area (Å²) in [5.41, 5.74) is 2.47. The predicted molar refractivity (Wildman–Crippen MR) is 98.1 cm³/mol. The zero-order chi connectivity index (χ0) is 19.9. The van der Waals surface area contributed by atoms with E-state index in [0.29, 0.717) is 17.9 Å². The minimum atomic E-state index is -3.93. The van der Waals surface area contributed by atoms with Crippen LogP contribution < -0.4 is 19.7 Å². The third-order valence-electron chi connectivity index (χ3n) is 3.36. The maximum absolute atomic E-state index is 13.6. The van der Waals surface area contributed by atoms with Gasteiger partial charge in [0.2, 0.25) is 0 Å². The Bertz CT molecular complexity index is 927. The molecule has 2 N–H and O–H groups in total. The van der Waals surface area contributed by atoms with Crippen molar-refractivity contribution in [1.29, 1.82) is 0 Å². The highest BCUT2D eigenvalue weighted by Crippen LogP contribution is 2.18. The number of ether oxygens (including phenoxy) is 2. The monoisotopic (exact) mass is 394 g/mol. The van der Waals surface area contributed by atoms with Gasteiger partial charge in [0, 0.05) is 6.08 Å². The highest BCUT2D eigenvalue weighted by molar-refractivity contribution is 7.89. The molecule has 0 bridgehead atoms. The molecule has 0 saturated heterocycles. The number of sulfonamides is 1. The summed E-state index contributed by atoms with van der Waals surface area (Å²) < 4.78 is 47.9. The van der Waals surface area contributed by atoms with E-state index in [4.69, 9.17) is 9.47 Å². The number of carbonyl (C=O) groups is 1. The van der Waals surface area contributed by atoms with E-state index in [1.807, 2.05) is 11.8 Å². The van der Waals surface area contributed by atoms with Gasteiger partial charge in [-0.2, -0.15) is 0 Å². The quantitative estimate of drug-likeness (QED) is 0.529. The largest absolute Gasteiger partial charge is 0.494 e. The van der Waals surface area contributed by atoms with E-state index in [2.05, 4.69) is 5.43 Å². The van der Waals surface area contributed by atoms with Crippen LogP contribution in [0.25, 0.3) is 6.08 Å². The van der Waals surface area contributed by atoms with Crippen molar-refractivity contribution in [2.75, 3.05) is 13.7 Å². The van der Waals surface area contributed by atoms with Crippen LogP contribution in [-0.2, 0) is 14.8 Å². The molecule has 2 aromatic rings. The van der Waals surface area contributed by atoms with E-state index >= 15 is 0 Å². The second-order valence-corrected chi connectivity index (χ2v) is 6.91. The number of amides is 1. The molecule has 0 fully saturated rings. The molecule has 0 atom stereocenters. The first-order chi connectivity index (χ1) is 12.9. The Kier molecular flexibility index (Phi) is 6.91. The number of methoxy groups -OCH3 is 1. The third-order valence-corrected chi connectivity index (χ3v) is 4.62. The number of rotatable bonds is 8. The first-order valence-electron chi connectivity index (χ1n) is 7.92. The van der Waals surface area contributed by atoms with E-state index in [9.17, 15) is 17.6 Å². The molecule has 0 radical (unpaired) electrons. The van der Waals surface area contributed by atoms with Crippen LogP contribution in [0.3, 0.4) is 0 Å². The SMILES string of the molecule is CCOc1ccc(S(=O)(=O)NNC(=O)/C=C/c2ccc(OC)c(F)c2)cc1. The Hall–Kier alpha value is -2.91. The molecule has 7 nitrogen and oxygen atoms in total. The summed E-state index contributed by atoms with van der Waals surface area (Å²) in [4.78, 5) is 13.7. The fraction of sp³-hybridized carbons (Fsp3) is 0.167. The van der Waals surface area contributed by atoms with Crippen molar-refractivity contribution in [3.63, 3.8) is 0 Å². The Balaban J connectivity index is 1.96. The number of hydrazine groups is 1. The highest BCUT2D eigenvalue weighted by Gasteiger charge is 2.14. The Morgan fingerprint density at radius 3 is 2.48 bits per heavy atom. The Morgan fingerprint density at radius 2 is 1.89 bits per heavy atom. The molecule has 1 amide bonds. The van der Waals surface area contributed by atoms with Gasteiger partial charge in [0.1, 0.15) is 5.75 Å². The lowest BCUT2D eigenvalue weighted by Gasteiger charge is -2.08. The molecule has 0 aliphatic carbocycles. The average Bonchev–Trinajstić information content (AvgIpc) is 2.65. The molecule has 0 spiro atoms. The summed E-state index contributed by atoms with van der Waals surface area (Å²) in [5.74, 6) is -0.674. The van der Waals surface area contributed by atoms with Crippen LogP contribution in [0.4, 0.5) is 4.39 Å². The summed E-state index contributed by atoms with van der Waals surface area (Å²) in [6.07, 6.45) is 2.41. The molecule has 0 aliphatic heterocycles. The van der Waals surface area contributed by atoms with Gasteiger partial charge in [-0.25, -0.2) is 12.8 Å². The molecule has 2 rings (SSSR count). The van der Waals surface area contributed by atoms with Gasteiger partial charge in [0.25, 0.3) is 15.9 Å². The predicted octanol–water partition coefficient (Wildman–Crippen LogP) is 2.26. The van der Waals surface area contributed by atoms with E-state index in [1.165, 1.54) is 49.6 Å². The molecule has 144 valence electrons. The van der Waals surface area contributed by atoms with Crippen LogP contribution in [0.5, 0.6) is 11.5 Å². The van der Waals surface area contributed by atoms with E-state index in [-0.39, 0.29) is 10.6 Å². The van der Waals surface area contributed by atoms with Crippen LogP contribution in [0.1, 0.15) is 12.5 Å². The lowest BCUT2D eigenvalue weighted by atomic mass is 10.2. The first-order valence-corrected chi connectivity index (χ1v) is 9.40. The van der Waals surface area contributed by atoms with Gasteiger partial charge >= 0.3 is 0 Å². The topological polar surface area (TPSA) is 93.7 Å². The molecule has 0 saturated carbocycles. The normalized spacial score (nSPS) is 11.4. The molecule has 0 aliphatic rings. The number of hydrogen-bond acceptors (Lipinski definition) is 5. The number of nitrogens with one attached hydrogen (secondary N) is 2. The molecular formula is C18H19FN2O5S. The maximum atomic E-state index is 13.6. The van der Waals surface area contributed by atoms with Crippen molar-refractivity contribution >= 4 is 22.0 Å². The maximum Gasteiger partial charge on any atom is 0.258 e. The Labute approximate surface area is 156 Å². The van der Waals surface area contributed by atoms with E-state index < -0.39 is 21.7 Å². The smallest absolute Gasteiger partial charge is 0.258 e. The second-order valence-electron chi connectivity index (χ2n) is 5.23. The minimum Gasteiger partial charge on any atom is -0.494 e. The van der Waals surface area contributed by atoms with Crippen LogP contribution in [0.15, 0.2) is 53.4 Å². The van der Waals surface area contributed by atoms with Crippen molar-refractivity contribution in [1.82, 2.24) is 10.3 Å². The molecule has 2 aromatic carbocycles. The number of benzene rings is 2. The average molecular weight is 394 g/mol. The molecule has 0 aromatic heterocycles. The van der Waals surface area contributed by atoms with Gasteiger partial charge in [-0.3, -0.25) is 10.2 Å². The summed E-state index contributed by atoms with van der Waals surface area (Å²) in [5, 5.41) is 0. The van der Waals surface area contributed by atoms with Crippen molar-refractivity contribution in [2.24, 2.45) is 0 Å². The highest BCUT2D eigenvalue weighted by atomic mass is 32.2. The van der Waals surface area contributed by atoms with Crippen molar-refractivity contribution < 1.29 is 27.1 Å². The molecule has 27 heavy (non-hydrogen) atoms. The van der Waals surface area contributed by atoms with E-state index in [1.54, 1.807) is 6.07 Å². The number of halogens is 1. The van der Waals surface area contributed by atoms with Gasteiger partial charge < -0.3 is 9.47 Å². The van der Waals surface area contributed by atoms with Crippen LogP contribution >= 0.6 is 0 Å². The van der Waals surface area contributed by atoms with Crippen LogP contribution in [0, 0.1) is 5.82 Å². The summed E-state index contributed by atoms with van der Waals surface area (Å²) in [7, 11) is -2.59. The standard InChI is InChI=1S/C18H19FN2O5S/c1-3-26-14-6-8-15(9-7-14)27(23,24)21-20-18(22)11-5-13-4-10-17(25-2)16(19)12-13/h4-12,21H,3H2,1-2H3,(H,20,22)/b11-5+. The minimum absolute atomic E-state index is 0.0348. The fourth-order valence-electron chi connectivity index (χ4n) is 2.06. The van der Waals surface area contributed by atoms with Crippen LogP contribution in [0.2, 0.25) is 0 Å². The fourth-order valence-corrected chi connectivity index (χ4v) is 2.91. The molecule has 9 heteroatoms. The lowest BCUT2D eigenvalue weighted by Crippen LogP contribution is -2.40. The number of carbonyl (C=O) groups excluding carboxylic acids is 1. The summed E-state index contributed by atoms with van der Waals surface area (Å²) >= 11 is 0. The summed E-state index contributed by atoms with van der Waals surface area (Å²) in [6, 6.07) is 9.89. The van der Waals surface area contributed by atoms with E-state index in [0.717, 1.165) is 6.08 Å². The zero-order valence-electron chi connectivity index (χ0n) is 14.7. The van der Waals surface area contributed by atoms with Gasteiger partial charge in [0.15, 0.2) is 11.6 Å². The molecule has 0 heterocycles. The second kappa shape index (κ2) is 9.15. The van der Waals surface area contributed by atoms with Crippen molar-refractivity contribution in [2.45, 2.75) is 11.8 Å². The van der Waals surface area contributed by atoms with Gasteiger partial charge in [-0.05, 0) is 55.0 Å². The zero-order valence-corrected chi connectivity index (χ0v) is 15.5. The Morgan fingerprint density at radius 1 is 1.19 bits per heavy atom. The number of hydrogen-bond donors (Lipinski definition) is 2. The van der Waals surface area contributed by atoms with Gasteiger partial charge in [-0.15, -0.1) is 4.83 Å². The molecule has 0 unspecified atom stereocenters. The summed E-state index contributed by atoms with van der Waals surface area (Å²) in [6.45, 7) is 2.28.